The van der Waals surface area contributed by atoms with Gasteiger partial charge in [-0.05, 0) is 78.9 Å². The smallest absolute Gasteiger partial charge is 0.332 e. The van der Waals surface area contributed by atoms with Gasteiger partial charge in [-0.1, -0.05) is 48.6 Å². The standard InChI is InChI=1S/C42H38FN5O5/c1-26-12-13-27(31-20-28-8-4-5-11-34(28)47-40(26)31)9-7-19-52-39-23-35-32(22-38(39)51-3)36(16-18-45-35)53-37-15-14-29(21-33(37)43)42(25-46-48-41(44)49)17-6-10-30(24-42)50-2/h4-6,8,10-18,20-23,25H,7,9,19,24H2,1-3H3,(H3,44,48,49). The molecule has 2 aromatic heterocycles. The third kappa shape index (κ3) is 7.32. The Balaban J connectivity index is 1.08. The van der Waals surface area contributed by atoms with Crippen molar-refractivity contribution in [3.8, 4) is 23.0 Å². The molecule has 2 amide bonds. The fourth-order valence-electron chi connectivity index (χ4n) is 6.65. The molecule has 0 radical (unpaired) electrons. The average molecular weight is 712 g/mol. The fourth-order valence-corrected chi connectivity index (χ4v) is 6.65. The number of nitrogens with one attached hydrogen (secondary N) is 1. The van der Waals surface area contributed by atoms with Crippen molar-refractivity contribution in [2.24, 2.45) is 10.8 Å². The molecule has 0 fully saturated rings. The third-order valence-electron chi connectivity index (χ3n) is 9.38. The fraction of sp³-hybridized carbons (Fsp3) is 0.190. The Morgan fingerprint density at radius 3 is 2.64 bits per heavy atom. The Bertz CT molecular complexity index is 2450. The number of carbonyl (C=O) groups excluding carboxylic acids is 1. The van der Waals surface area contributed by atoms with Crippen LogP contribution < -0.4 is 25.4 Å². The summed E-state index contributed by atoms with van der Waals surface area (Å²) >= 11 is 0. The summed E-state index contributed by atoms with van der Waals surface area (Å²) in [5, 5.41) is 6.88. The summed E-state index contributed by atoms with van der Waals surface area (Å²) in [6.45, 7) is 2.54. The highest BCUT2D eigenvalue weighted by Crippen LogP contribution is 2.40. The second kappa shape index (κ2) is 15.0. The number of allylic oxidation sites excluding steroid dienone is 4. The number of hydrazone groups is 1. The Morgan fingerprint density at radius 2 is 1.83 bits per heavy atom. The number of fused-ring (bicyclic) bond motifs is 3. The number of ether oxygens (including phenoxy) is 4. The van der Waals surface area contributed by atoms with E-state index in [-0.39, 0.29) is 5.75 Å². The summed E-state index contributed by atoms with van der Waals surface area (Å²) in [6.07, 6.45) is 10.5. The number of benzene rings is 4. The molecule has 1 atom stereocenters. The zero-order chi connectivity index (χ0) is 37.0. The number of hydrogen-bond donors (Lipinski definition) is 2. The molecule has 1 unspecified atom stereocenters. The number of nitrogens with two attached hydrogens (primary N) is 1. The highest BCUT2D eigenvalue weighted by molar-refractivity contribution is 5.96. The van der Waals surface area contributed by atoms with E-state index in [1.807, 2.05) is 30.4 Å². The molecule has 10 nitrogen and oxygen atoms in total. The minimum absolute atomic E-state index is 0.0111. The molecule has 7 rings (SSSR count). The largest absolute Gasteiger partial charge is 0.501 e. The van der Waals surface area contributed by atoms with Crippen molar-refractivity contribution < 1.29 is 28.1 Å². The maximum absolute atomic E-state index is 15.8. The third-order valence-corrected chi connectivity index (χ3v) is 9.38. The lowest BCUT2D eigenvalue weighted by Gasteiger charge is -2.30. The topological polar surface area (TPSA) is 130 Å². The van der Waals surface area contributed by atoms with Gasteiger partial charge >= 0.3 is 6.03 Å². The van der Waals surface area contributed by atoms with Crippen LogP contribution in [0.4, 0.5) is 9.18 Å². The predicted molar refractivity (Wildman–Crippen MR) is 204 cm³/mol. The predicted octanol–water partition coefficient (Wildman–Crippen LogP) is 8.58. The Hall–Kier alpha value is -6.49. The summed E-state index contributed by atoms with van der Waals surface area (Å²) in [7, 11) is 3.13. The van der Waals surface area contributed by atoms with Gasteiger partial charge in [0.25, 0.3) is 0 Å². The van der Waals surface area contributed by atoms with Crippen LogP contribution in [0.2, 0.25) is 0 Å². The maximum Gasteiger partial charge on any atom is 0.332 e. The average Bonchev–Trinajstić information content (AvgIpc) is 3.17. The van der Waals surface area contributed by atoms with E-state index in [2.05, 4.69) is 46.7 Å². The second-order valence-corrected chi connectivity index (χ2v) is 12.8. The monoisotopic (exact) mass is 711 g/mol. The van der Waals surface area contributed by atoms with Crippen LogP contribution in [0.3, 0.4) is 0 Å². The summed E-state index contributed by atoms with van der Waals surface area (Å²) in [5.74, 6) is 1.51. The van der Waals surface area contributed by atoms with Gasteiger partial charge in [-0.15, -0.1) is 0 Å². The number of urea groups is 1. The quantitative estimate of drug-likeness (QED) is 0.0563. The molecule has 6 aromatic rings. The second-order valence-electron chi connectivity index (χ2n) is 12.8. The van der Waals surface area contributed by atoms with E-state index in [0.717, 1.165) is 40.2 Å². The summed E-state index contributed by atoms with van der Waals surface area (Å²) in [6, 6.07) is 23.8. The van der Waals surface area contributed by atoms with Gasteiger partial charge in [0.2, 0.25) is 0 Å². The van der Waals surface area contributed by atoms with Crippen LogP contribution in [0.1, 0.15) is 29.5 Å². The molecule has 0 spiro atoms. The number of aromatic nitrogens is 2. The first-order valence-electron chi connectivity index (χ1n) is 17.1. The van der Waals surface area contributed by atoms with Crippen molar-refractivity contribution in [3.63, 3.8) is 0 Å². The van der Waals surface area contributed by atoms with Gasteiger partial charge < -0.3 is 24.7 Å². The number of amides is 2. The van der Waals surface area contributed by atoms with Crippen LogP contribution >= 0.6 is 0 Å². The van der Waals surface area contributed by atoms with Crippen LogP contribution in [-0.4, -0.2) is 43.0 Å². The van der Waals surface area contributed by atoms with E-state index < -0.39 is 17.3 Å². The molecule has 0 bridgehead atoms. The molecule has 0 aliphatic heterocycles. The molecule has 1 aliphatic rings. The number of halogens is 1. The van der Waals surface area contributed by atoms with Gasteiger partial charge in [-0.2, -0.15) is 5.10 Å². The zero-order valence-corrected chi connectivity index (χ0v) is 29.6. The number of pyridine rings is 2. The molecule has 2 heterocycles. The minimum atomic E-state index is -0.908. The molecule has 53 heavy (non-hydrogen) atoms. The highest BCUT2D eigenvalue weighted by Gasteiger charge is 2.32. The number of nitrogens with zero attached hydrogens (tertiary/aromatic N) is 3. The summed E-state index contributed by atoms with van der Waals surface area (Å²) < 4.78 is 39.3. The Morgan fingerprint density at radius 1 is 0.962 bits per heavy atom. The van der Waals surface area contributed by atoms with Crippen LogP contribution in [0.15, 0.2) is 114 Å². The van der Waals surface area contributed by atoms with Crippen LogP contribution in [0, 0.1) is 12.7 Å². The maximum atomic E-state index is 15.8. The zero-order valence-electron chi connectivity index (χ0n) is 29.6. The molecule has 11 heteroatoms. The molecular weight excluding hydrogens is 673 g/mol. The highest BCUT2D eigenvalue weighted by atomic mass is 19.1. The van der Waals surface area contributed by atoms with Crippen LogP contribution in [0.5, 0.6) is 23.0 Å². The number of hydrogen-bond acceptors (Lipinski definition) is 8. The number of rotatable bonds is 12. The normalized spacial score (nSPS) is 15.5. The summed E-state index contributed by atoms with van der Waals surface area (Å²) in [4.78, 5) is 20.7. The van der Waals surface area contributed by atoms with E-state index in [0.29, 0.717) is 52.5 Å². The number of aryl methyl sites for hydroxylation is 2. The van der Waals surface area contributed by atoms with Crippen molar-refractivity contribution in [2.75, 3.05) is 20.8 Å². The van der Waals surface area contributed by atoms with Gasteiger partial charge in [-0.3, -0.25) is 4.98 Å². The molecular formula is C42H38FN5O5. The van der Waals surface area contributed by atoms with Crippen LogP contribution in [-0.2, 0) is 16.6 Å². The van der Waals surface area contributed by atoms with Crippen molar-refractivity contribution in [1.29, 1.82) is 0 Å². The van der Waals surface area contributed by atoms with Crippen molar-refractivity contribution in [2.45, 2.75) is 31.6 Å². The van der Waals surface area contributed by atoms with E-state index >= 15 is 4.39 Å². The minimum Gasteiger partial charge on any atom is -0.501 e. The lowest BCUT2D eigenvalue weighted by atomic mass is 9.75. The van der Waals surface area contributed by atoms with Gasteiger partial charge in [0.05, 0.1) is 48.6 Å². The lowest BCUT2D eigenvalue weighted by molar-refractivity contribution is 0.249. The van der Waals surface area contributed by atoms with Gasteiger partial charge in [0.15, 0.2) is 23.1 Å². The van der Waals surface area contributed by atoms with E-state index in [4.69, 9.17) is 29.7 Å². The van der Waals surface area contributed by atoms with Crippen molar-refractivity contribution in [1.82, 2.24) is 15.4 Å². The van der Waals surface area contributed by atoms with E-state index in [9.17, 15) is 4.79 Å². The van der Waals surface area contributed by atoms with E-state index in [1.165, 1.54) is 17.8 Å². The Kier molecular flexibility index (Phi) is 9.89. The van der Waals surface area contributed by atoms with Gasteiger partial charge in [-0.25, -0.2) is 19.6 Å². The molecule has 0 saturated heterocycles. The van der Waals surface area contributed by atoms with Crippen LogP contribution in [0.25, 0.3) is 32.7 Å². The first-order valence-corrected chi connectivity index (χ1v) is 17.1. The molecule has 1 aliphatic carbocycles. The molecule has 4 aromatic carbocycles. The molecule has 0 saturated carbocycles. The number of methoxy groups -OCH3 is 2. The number of carbonyl (C=O) groups is 1. The van der Waals surface area contributed by atoms with Gasteiger partial charge in [0, 0.05) is 41.1 Å². The SMILES string of the molecule is COC1=CC=CC(C=NNC(N)=O)(c2ccc(Oc3ccnc4cc(OCCCc5ccc(C)c6nc7ccccc7cc56)c(OC)cc34)c(F)c2)C1. The Labute approximate surface area is 305 Å². The van der Waals surface area contributed by atoms with Crippen molar-refractivity contribution >= 4 is 45.0 Å². The lowest BCUT2D eigenvalue weighted by Crippen LogP contribution is -2.31. The number of primary amides is 1. The van der Waals surface area contributed by atoms with E-state index in [1.54, 1.807) is 56.8 Å². The number of para-hydroxylation sites is 1. The first-order chi connectivity index (χ1) is 25.8. The molecule has 3 N–H and O–H groups in total. The van der Waals surface area contributed by atoms with Gasteiger partial charge in [0.1, 0.15) is 5.75 Å². The summed E-state index contributed by atoms with van der Waals surface area (Å²) in [5.41, 5.74) is 12.0. The molecule has 268 valence electrons. The van der Waals surface area contributed by atoms with Crippen molar-refractivity contribution in [3.05, 3.63) is 132 Å². The first kappa shape index (κ1) is 34.9.